The number of nitrogens with two attached hydrogens (primary N) is 1. The molecule has 125 heavy (non-hydrogen) atoms. The Balaban J connectivity index is 0.000000219. The number of aromatic nitrogens is 6. The monoisotopic (exact) mass is 4830 g/mol. The van der Waals surface area contributed by atoms with Crippen LogP contribution >= 0.6 is 390 Å². The molecule has 1 amide bonds. The van der Waals surface area contributed by atoms with Crippen LogP contribution in [0.25, 0.3) is 22.1 Å². The van der Waals surface area contributed by atoms with E-state index >= 15 is 0 Å². The number of aryl methyl sites for hydroxylation is 6. The number of aromatic carboxylic acids is 1. The van der Waals surface area contributed by atoms with Crippen molar-refractivity contribution in [3.63, 3.8) is 0 Å². The van der Waals surface area contributed by atoms with Crippen molar-refractivity contribution >= 4 is 459 Å². The average Bonchev–Trinajstić information content (AvgIpc) is 1.77. The van der Waals surface area contributed by atoms with Gasteiger partial charge < -0.3 is 57.8 Å². The van der Waals surface area contributed by atoms with Gasteiger partial charge in [0.1, 0.15) is 28.9 Å². The van der Waals surface area contributed by atoms with Crippen LogP contribution in [0.3, 0.4) is 0 Å². The number of hydrazine groups is 2. The number of nitrogens with zero attached hydrogens (tertiary/aromatic N) is 8. The van der Waals surface area contributed by atoms with Gasteiger partial charge in [-0.1, -0.05) is 91.2 Å². The van der Waals surface area contributed by atoms with Crippen molar-refractivity contribution in [2.75, 3.05) is 66.8 Å². The summed E-state index contributed by atoms with van der Waals surface area (Å²) in [6.45, 7) is 23.9. The van der Waals surface area contributed by atoms with Gasteiger partial charge in [0.15, 0.2) is 17.1 Å². The number of halogens is 30. The summed E-state index contributed by atoms with van der Waals surface area (Å²) < 4.78 is 41.5. The first-order chi connectivity index (χ1) is 57.6. The van der Waals surface area contributed by atoms with Crippen LogP contribution in [0.2, 0.25) is 15.1 Å². The third-order valence-electron chi connectivity index (χ3n) is 18.3. The first-order valence-corrected chi connectivity index (χ1v) is 199. The van der Waals surface area contributed by atoms with Crippen molar-refractivity contribution < 1.29 is 64.9 Å². The number of pyridine rings is 2. The van der Waals surface area contributed by atoms with Gasteiger partial charge in [-0.05, 0) is 158 Å². The van der Waals surface area contributed by atoms with E-state index in [1.54, 1.807) is 27.6 Å². The van der Waals surface area contributed by atoms with E-state index < -0.39 is 96.8 Å². The van der Waals surface area contributed by atoms with Crippen molar-refractivity contribution in [3.05, 3.63) is 156 Å². The third kappa shape index (κ3) is 33.3. The van der Waals surface area contributed by atoms with Crippen LogP contribution in [0.5, 0.6) is 35.1 Å². The van der Waals surface area contributed by atoms with Crippen molar-refractivity contribution in [2.24, 2.45) is 19.9 Å². The van der Waals surface area contributed by atoms with Crippen LogP contribution in [-0.4, -0.2) is 93.3 Å². The Kier molecular flexibility index (Phi) is 55.1. The number of carbonyl (C=O) groups is 3. The number of hydrogen-bond acceptors (Lipinski definition) is 20. The van der Waals surface area contributed by atoms with E-state index in [0.717, 1.165) is 117 Å². The first kappa shape index (κ1) is 122. The number of methoxy groups -OCH3 is 1. The molecular formula is C71H86Cl3I27N13O11-. The fraction of sp³-hybridized carbons (Fsp3) is 0.366. The van der Waals surface area contributed by atoms with E-state index in [4.69, 9.17) is 73.2 Å². The molecule has 0 unspecified atom stereocenters. The molecule has 10 heterocycles. The first-order valence-electron chi connectivity index (χ1n) is 34.5. The molecule has 7 aromatic heterocycles. The number of carboxylic acid groups (broad SMARTS) is 1. The Morgan fingerprint density at radius 3 is 1.32 bits per heavy atom. The molecule has 0 fully saturated rings. The number of hydrogen-bond donors (Lipinski definition) is 6. The molecule has 3 aliphatic heterocycles. The number of carbonyl (C=O) groups excluding carboxylic acids is 2. The van der Waals surface area contributed by atoms with Crippen molar-refractivity contribution in [3.8, 4) is 35.1 Å². The number of fused-ring (bicyclic) bond motifs is 5. The van der Waals surface area contributed by atoms with Gasteiger partial charge in [0.25, 0.3) is 17.8 Å². The van der Waals surface area contributed by atoms with Gasteiger partial charge in [-0.15, -0.1) is 0 Å². The van der Waals surface area contributed by atoms with Crippen LogP contribution in [0, 0.1) is 27.7 Å². The van der Waals surface area contributed by atoms with Gasteiger partial charge in [-0.3, -0.25) is 25.0 Å². The summed E-state index contributed by atoms with van der Waals surface area (Å²) in [4.78, 5) is 48.2. The molecule has 0 atom stereocenters. The van der Waals surface area contributed by atoms with Gasteiger partial charge >= 0.3 is 386 Å². The zero-order valence-corrected chi connectivity index (χ0v) is 127. The Bertz CT molecular complexity index is 5410. The molecule has 3 aromatic carbocycles. The molecule has 0 bridgehead atoms. The Hall–Kier alpha value is 10.1. The predicted octanol–water partition coefficient (Wildman–Crippen LogP) is 36.8. The standard InChI is InChI=1S/C26H29ClN6O3.2C17H18ClNO4.C9H13N5.2CH4.I27/c1-14-11-21(28-24-23(14)15(2)31-33(24)6)29-30-25(34)19-7-8-22(35-19)36-20-12-16-18(13-17(20)27)32(5)10-9-26(16,3)4;1-17(2)6-7-19-12-9-11(18)14(8-10(12)17)23-15-5-4-13(22-15)16(20)21-3;1-17(2)6-7-19(3)12-9-11(18)14(8-10(12)17)23-15-5-4-13(22-15)16(20)21;1-5-4-7(12-10)11-9-8(5)6(2)13-14(9)3;;;1-15-17(4)19(6)21(8)23(10)25(12)27(14)26(13)24(11)22(9)20(7)18(5)16(2)3/h7-8,11-13H,9-10H2,1-6H3,(H,28,29)(H,30,34);4-5,8-9,19H,6-7H2,1-3H3;4-5,8-9H,6-7H2,1-3H3,(H,20,21);4H,10H2,1-3H3,(H,11,12);2*1H4;/q;;;;;;-1. The number of nitrogens with one attached hydrogen (secondary N) is 4. The summed E-state index contributed by atoms with van der Waals surface area (Å²) in [5.74, 6) is 6.21. The minimum absolute atomic E-state index is 0. The maximum absolute atomic E-state index is 12.7. The van der Waals surface area contributed by atoms with Gasteiger partial charge in [0.2, 0.25) is 11.5 Å². The van der Waals surface area contributed by atoms with Crippen LogP contribution in [-0.2, 0) is 35.1 Å². The Morgan fingerprint density at radius 1 is 0.528 bits per heavy atom. The van der Waals surface area contributed by atoms with Crippen molar-refractivity contribution in [2.45, 2.75) is 120 Å². The normalized spacial score (nSPS) is 15.1. The number of benzene rings is 3. The van der Waals surface area contributed by atoms with Gasteiger partial charge in [0, 0.05) is 93.9 Å². The SMILES string of the molecule is C.C.CN1CCC(C)(C)c2cc(Oc3ccc(C(=O)O)o3)c(Cl)cc21.COC(=O)c1ccc(Oc2cc3c(cc2Cl)NCCC3(C)C)o1.Cc1cc(NN)nc2c1c(C)nn2C.Cc1cc(NNC(=O)c2ccc(Oc3cc4c(cc3Cl)N(C)CCC4(C)C)o2)nc2c1c(C)nn2C.I[I-]I(I)I(I)I(I)I(I)I(I)I(I)I(I)I(I)I(I)I(I)I(I)I(I)I. The summed E-state index contributed by atoms with van der Waals surface area (Å²) in [5, 5.41) is 24.5. The number of amides is 1. The fourth-order valence-electron chi connectivity index (χ4n) is 12.2. The Labute approximate surface area is 931 Å². The van der Waals surface area contributed by atoms with Crippen molar-refractivity contribution in [1.29, 1.82) is 0 Å². The zero-order valence-electron chi connectivity index (χ0n) is 66.3. The van der Waals surface area contributed by atoms with E-state index in [0.29, 0.717) is 57.2 Å². The van der Waals surface area contributed by atoms with E-state index in [1.807, 2.05) is 97.4 Å². The summed E-state index contributed by atoms with van der Waals surface area (Å²) in [6, 6.07) is 24.2. The van der Waals surface area contributed by atoms with Crippen LogP contribution < -0.4 is 64.7 Å². The molecule has 24 nitrogen and oxygen atoms in total. The molecule has 0 saturated heterocycles. The minimum atomic E-state index is -1.14. The topological polar surface area (TPSA) is 290 Å². The molecule has 54 heteroatoms. The van der Waals surface area contributed by atoms with Gasteiger partial charge in [-0.25, -0.2) is 25.4 Å². The summed E-state index contributed by atoms with van der Waals surface area (Å²) in [6.07, 6.45) is 3.08. The second kappa shape index (κ2) is 56.5. The molecular weight excluding hydrogens is 4740 g/mol. The number of rotatable bonds is 24. The number of esters is 1. The molecule has 10 aromatic rings. The van der Waals surface area contributed by atoms with E-state index in [-0.39, 0.29) is 82.0 Å². The van der Waals surface area contributed by atoms with E-state index in [2.05, 4.69) is 366 Å². The van der Waals surface area contributed by atoms with Crippen LogP contribution in [0.15, 0.2) is 98.2 Å². The van der Waals surface area contributed by atoms with Gasteiger partial charge in [-0.2, -0.15) is 10.2 Å². The van der Waals surface area contributed by atoms with E-state index in [1.165, 1.54) is 25.3 Å². The van der Waals surface area contributed by atoms with Crippen LogP contribution in [0.1, 0.15) is 147 Å². The summed E-state index contributed by atoms with van der Waals surface area (Å²) >= 11 is 63.6. The number of ether oxygens (including phenoxy) is 4. The second-order valence-corrected chi connectivity index (χ2v) is 630. The number of furan rings is 3. The summed E-state index contributed by atoms with van der Waals surface area (Å²) in [5.41, 5.74) is 20.3. The molecule has 13 rings (SSSR count). The second-order valence-electron chi connectivity index (χ2n) is 27.7. The quantitative estimate of drug-likeness (QED) is 0.0142. The molecule has 0 saturated carbocycles. The molecule has 3 aliphatic rings. The maximum atomic E-state index is 12.7. The average molecular weight is 4830 g/mol. The van der Waals surface area contributed by atoms with E-state index in [9.17, 15) is 14.4 Å². The summed E-state index contributed by atoms with van der Waals surface area (Å²) in [7, 11) is 3.92. The van der Waals surface area contributed by atoms with Gasteiger partial charge in [0.05, 0.1) is 33.6 Å². The fourth-order valence-corrected chi connectivity index (χ4v) is 4410. The number of anilines is 5. The predicted molar refractivity (Wildman–Crippen MR) is 750 cm³/mol. The van der Waals surface area contributed by atoms with Crippen LogP contribution in [0.4, 0.5) is 28.7 Å². The Morgan fingerprint density at radius 2 is 0.904 bits per heavy atom. The molecule has 0 radical (unpaired) electrons. The molecule has 712 valence electrons. The molecule has 7 N–H and O–H groups in total. The zero-order chi connectivity index (χ0) is 91.1. The van der Waals surface area contributed by atoms with Crippen molar-refractivity contribution in [1.82, 2.24) is 35.0 Å². The number of nitrogen functional groups attached to an aromatic ring is 1. The third-order valence-corrected chi connectivity index (χ3v) is 1920. The number of carboxylic acids is 1. The molecule has 0 aliphatic carbocycles. The molecule has 0 spiro atoms.